The molecule has 0 spiro atoms. The summed E-state index contributed by atoms with van der Waals surface area (Å²) < 4.78 is 5.46. The lowest BCUT2D eigenvalue weighted by atomic mass is 10.0. The van der Waals surface area contributed by atoms with Gasteiger partial charge in [0.05, 0.1) is 6.04 Å². The number of phenolic OH excluding ortho intramolecular Hbond substituents is 1. The van der Waals surface area contributed by atoms with E-state index < -0.39 is 12.0 Å². The third-order valence-electron chi connectivity index (χ3n) is 3.19. The molecular weight excluding hydrogens is 246 g/mol. The molecule has 1 aromatic carbocycles. The first kappa shape index (κ1) is 13.7. The van der Waals surface area contributed by atoms with Crippen molar-refractivity contribution in [3.05, 3.63) is 23.8 Å². The van der Waals surface area contributed by atoms with Gasteiger partial charge in [-0.2, -0.15) is 0 Å². The molecule has 0 saturated heterocycles. The predicted octanol–water partition coefficient (Wildman–Crippen LogP) is 1.91. The molecule has 1 aliphatic rings. The number of ether oxygens (including phenoxy) is 1. The Balaban J connectivity index is 2.10. The van der Waals surface area contributed by atoms with Crippen LogP contribution in [0, 0.1) is 5.92 Å². The number of aromatic hydroxyl groups is 1. The van der Waals surface area contributed by atoms with Gasteiger partial charge in [0.1, 0.15) is 24.1 Å². The van der Waals surface area contributed by atoms with Crippen molar-refractivity contribution in [2.45, 2.75) is 32.4 Å². The van der Waals surface area contributed by atoms with Crippen LogP contribution in [0.25, 0.3) is 0 Å². The van der Waals surface area contributed by atoms with Crippen LogP contribution in [0.1, 0.15) is 31.9 Å². The van der Waals surface area contributed by atoms with Crippen LogP contribution in [0.4, 0.5) is 0 Å². The molecule has 19 heavy (non-hydrogen) atoms. The Kier molecular flexibility index (Phi) is 3.95. The van der Waals surface area contributed by atoms with Crippen molar-refractivity contribution in [1.82, 2.24) is 5.32 Å². The number of nitrogens with one attached hydrogen (secondary N) is 1. The van der Waals surface area contributed by atoms with Crippen LogP contribution in [0.2, 0.25) is 0 Å². The summed E-state index contributed by atoms with van der Waals surface area (Å²) in [5.41, 5.74) is 0.896. The van der Waals surface area contributed by atoms with E-state index in [9.17, 15) is 15.0 Å². The second-order valence-corrected chi connectivity index (χ2v) is 5.27. The van der Waals surface area contributed by atoms with Crippen LogP contribution in [0.15, 0.2) is 18.2 Å². The Bertz CT molecular complexity index is 473. The number of hydrogen-bond donors (Lipinski definition) is 3. The van der Waals surface area contributed by atoms with Crippen molar-refractivity contribution in [1.29, 1.82) is 0 Å². The molecule has 1 heterocycles. The number of carboxylic acid groups (broad SMARTS) is 1. The monoisotopic (exact) mass is 265 g/mol. The average Bonchev–Trinajstić information content (AvgIpc) is 2.70. The lowest BCUT2D eigenvalue weighted by Crippen LogP contribution is -2.40. The van der Waals surface area contributed by atoms with Gasteiger partial charge in [0, 0.05) is 11.6 Å². The molecule has 0 amide bonds. The molecule has 0 fully saturated rings. The van der Waals surface area contributed by atoms with Crippen molar-refractivity contribution in [2.75, 3.05) is 6.61 Å². The minimum atomic E-state index is -0.846. The van der Waals surface area contributed by atoms with E-state index in [0.29, 0.717) is 24.7 Å². The Morgan fingerprint density at radius 3 is 2.89 bits per heavy atom. The zero-order chi connectivity index (χ0) is 14.0. The van der Waals surface area contributed by atoms with E-state index in [1.807, 2.05) is 13.8 Å². The maximum Gasteiger partial charge on any atom is 0.320 e. The fourth-order valence-corrected chi connectivity index (χ4v) is 2.29. The number of benzene rings is 1. The third kappa shape index (κ3) is 3.17. The van der Waals surface area contributed by atoms with Gasteiger partial charge < -0.3 is 14.9 Å². The van der Waals surface area contributed by atoms with Crippen LogP contribution >= 0.6 is 0 Å². The van der Waals surface area contributed by atoms with Crippen molar-refractivity contribution in [2.24, 2.45) is 5.92 Å². The molecule has 0 aliphatic carbocycles. The maximum atomic E-state index is 11.2. The maximum absolute atomic E-state index is 11.2. The molecule has 5 nitrogen and oxygen atoms in total. The predicted molar refractivity (Wildman–Crippen MR) is 70.4 cm³/mol. The smallest absolute Gasteiger partial charge is 0.320 e. The summed E-state index contributed by atoms with van der Waals surface area (Å²) >= 11 is 0. The van der Waals surface area contributed by atoms with E-state index in [1.165, 1.54) is 0 Å². The summed E-state index contributed by atoms with van der Waals surface area (Å²) in [5.74, 6) is 0.221. The second-order valence-electron chi connectivity index (χ2n) is 5.27. The summed E-state index contributed by atoms with van der Waals surface area (Å²) in [7, 11) is 0. The number of aliphatic carboxylic acids is 1. The Morgan fingerprint density at radius 1 is 1.53 bits per heavy atom. The molecule has 1 aliphatic heterocycles. The molecular formula is C14H19NO4. The van der Waals surface area contributed by atoms with Gasteiger partial charge in [-0.05, 0) is 24.5 Å². The van der Waals surface area contributed by atoms with Crippen LogP contribution in [0.5, 0.6) is 11.5 Å². The van der Waals surface area contributed by atoms with E-state index in [0.717, 1.165) is 5.56 Å². The lowest BCUT2D eigenvalue weighted by molar-refractivity contribution is -0.140. The molecule has 0 saturated carbocycles. The average molecular weight is 265 g/mol. The summed E-state index contributed by atoms with van der Waals surface area (Å²) in [4.78, 5) is 11.2. The molecule has 2 rings (SSSR count). The largest absolute Gasteiger partial charge is 0.508 e. The van der Waals surface area contributed by atoms with Gasteiger partial charge in [-0.25, -0.2) is 0 Å². The molecule has 2 atom stereocenters. The summed E-state index contributed by atoms with van der Waals surface area (Å²) in [6.45, 7) is 4.38. The first-order valence-corrected chi connectivity index (χ1v) is 6.42. The van der Waals surface area contributed by atoms with E-state index in [4.69, 9.17) is 4.74 Å². The number of rotatable bonds is 5. The highest BCUT2D eigenvalue weighted by Gasteiger charge is 2.29. The Labute approximate surface area is 112 Å². The molecule has 5 heteroatoms. The van der Waals surface area contributed by atoms with Crippen molar-refractivity contribution >= 4 is 5.97 Å². The number of phenols is 1. The van der Waals surface area contributed by atoms with Gasteiger partial charge in [-0.1, -0.05) is 13.8 Å². The Morgan fingerprint density at radius 2 is 2.26 bits per heavy atom. The van der Waals surface area contributed by atoms with Crippen LogP contribution in [-0.2, 0) is 4.79 Å². The molecule has 104 valence electrons. The third-order valence-corrected chi connectivity index (χ3v) is 3.19. The SMILES string of the molecule is CC(C)CC(NC1COc2cc(O)ccc21)C(=O)O. The zero-order valence-corrected chi connectivity index (χ0v) is 11.1. The highest BCUT2D eigenvalue weighted by molar-refractivity contribution is 5.73. The first-order valence-electron chi connectivity index (χ1n) is 6.42. The molecule has 0 aromatic heterocycles. The number of carboxylic acids is 1. The lowest BCUT2D eigenvalue weighted by Gasteiger charge is -2.20. The molecule has 2 unspecified atom stereocenters. The van der Waals surface area contributed by atoms with Gasteiger partial charge in [0.15, 0.2) is 0 Å². The highest BCUT2D eigenvalue weighted by Crippen LogP contribution is 2.35. The summed E-state index contributed by atoms with van der Waals surface area (Å²) in [6, 6.07) is 4.17. The minimum absolute atomic E-state index is 0.143. The molecule has 1 aromatic rings. The van der Waals surface area contributed by atoms with E-state index in [-0.39, 0.29) is 11.8 Å². The summed E-state index contributed by atoms with van der Waals surface area (Å²) in [5, 5.41) is 21.7. The van der Waals surface area contributed by atoms with Gasteiger partial charge in [0.2, 0.25) is 0 Å². The van der Waals surface area contributed by atoms with Crippen LogP contribution < -0.4 is 10.1 Å². The van der Waals surface area contributed by atoms with E-state index >= 15 is 0 Å². The van der Waals surface area contributed by atoms with E-state index in [1.54, 1.807) is 18.2 Å². The van der Waals surface area contributed by atoms with Crippen LogP contribution in [-0.4, -0.2) is 28.8 Å². The first-order chi connectivity index (χ1) is 8.97. The van der Waals surface area contributed by atoms with E-state index in [2.05, 4.69) is 5.32 Å². The fourth-order valence-electron chi connectivity index (χ4n) is 2.29. The molecule has 0 bridgehead atoms. The fraction of sp³-hybridized carbons (Fsp3) is 0.500. The molecule has 3 N–H and O–H groups in total. The van der Waals surface area contributed by atoms with Gasteiger partial charge in [0.25, 0.3) is 0 Å². The number of hydrogen-bond acceptors (Lipinski definition) is 4. The minimum Gasteiger partial charge on any atom is -0.508 e. The van der Waals surface area contributed by atoms with Gasteiger partial charge >= 0.3 is 5.97 Å². The van der Waals surface area contributed by atoms with Crippen molar-refractivity contribution < 1.29 is 19.7 Å². The zero-order valence-electron chi connectivity index (χ0n) is 11.1. The quantitative estimate of drug-likeness (QED) is 0.758. The highest BCUT2D eigenvalue weighted by atomic mass is 16.5. The standard InChI is InChI=1S/C14H19NO4/c1-8(2)5-11(14(17)18)15-12-7-19-13-6-9(16)3-4-10(12)13/h3-4,6,8,11-12,15-16H,5,7H2,1-2H3,(H,17,18). The van der Waals surface area contributed by atoms with Gasteiger partial charge in [-0.3, -0.25) is 10.1 Å². The summed E-state index contributed by atoms with van der Waals surface area (Å²) in [6.07, 6.45) is 0.569. The van der Waals surface area contributed by atoms with Crippen molar-refractivity contribution in [3.8, 4) is 11.5 Å². The van der Waals surface area contributed by atoms with Crippen molar-refractivity contribution in [3.63, 3.8) is 0 Å². The number of carbonyl (C=O) groups is 1. The topological polar surface area (TPSA) is 78.8 Å². The van der Waals surface area contributed by atoms with Gasteiger partial charge in [-0.15, -0.1) is 0 Å². The molecule has 0 radical (unpaired) electrons. The van der Waals surface area contributed by atoms with Crippen LogP contribution in [0.3, 0.4) is 0 Å². The normalized spacial score (nSPS) is 19.0. The Hall–Kier alpha value is -1.75. The second kappa shape index (κ2) is 5.48. The number of fused-ring (bicyclic) bond motifs is 1.